The van der Waals surface area contributed by atoms with Crippen LogP contribution in [0.15, 0.2) is 61.2 Å². The van der Waals surface area contributed by atoms with Gasteiger partial charge in [0.2, 0.25) is 5.91 Å². The minimum absolute atomic E-state index is 0.0645. The van der Waals surface area contributed by atoms with Crippen molar-refractivity contribution < 1.29 is 4.79 Å². The lowest BCUT2D eigenvalue weighted by Crippen LogP contribution is -2.08. The van der Waals surface area contributed by atoms with Gasteiger partial charge >= 0.3 is 0 Å². The minimum Gasteiger partial charge on any atom is -0.381 e. The molecule has 0 saturated carbocycles. The lowest BCUT2D eigenvalue weighted by atomic mass is 10.1. The number of hydrogen-bond acceptors (Lipinski definition) is 3. The van der Waals surface area contributed by atoms with Crippen LogP contribution in [0.2, 0.25) is 0 Å². The molecule has 24 heavy (non-hydrogen) atoms. The highest BCUT2D eigenvalue weighted by atomic mass is 16.1. The summed E-state index contributed by atoms with van der Waals surface area (Å²) in [4.78, 5) is 15.3. The summed E-state index contributed by atoms with van der Waals surface area (Å²) < 4.78 is 1.97. The molecule has 3 aromatic rings. The van der Waals surface area contributed by atoms with Crippen LogP contribution in [-0.4, -0.2) is 15.5 Å². The molecule has 0 aliphatic rings. The van der Waals surface area contributed by atoms with Crippen LogP contribution in [0.3, 0.4) is 0 Å². The van der Waals surface area contributed by atoms with E-state index in [1.54, 1.807) is 12.5 Å². The Hall–Kier alpha value is -3.08. The van der Waals surface area contributed by atoms with Gasteiger partial charge in [-0.15, -0.1) is 0 Å². The third-order valence-electron chi connectivity index (χ3n) is 3.78. The first kappa shape index (κ1) is 15.8. The molecule has 0 saturated heterocycles. The van der Waals surface area contributed by atoms with E-state index < -0.39 is 0 Å². The van der Waals surface area contributed by atoms with E-state index in [2.05, 4.69) is 39.9 Å². The Balaban J connectivity index is 1.66. The molecule has 5 nitrogen and oxygen atoms in total. The van der Waals surface area contributed by atoms with E-state index in [4.69, 9.17) is 0 Å². The van der Waals surface area contributed by atoms with Crippen molar-refractivity contribution >= 4 is 17.3 Å². The number of amides is 1. The molecule has 0 fully saturated rings. The molecule has 0 spiro atoms. The number of nitrogens with zero attached hydrogens (tertiary/aromatic N) is 2. The number of aryl methyl sites for hydroxylation is 1. The van der Waals surface area contributed by atoms with Crippen LogP contribution in [0.25, 0.3) is 5.69 Å². The molecule has 5 heteroatoms. The highest BCUT2D eigenvalue weighted by Gasteiger charge is 2.03. The van der Waals surface area contributed by atoms with E-state index in [9.17, 15) is 4.79 Å². The number of carbonyl (C=O) groups is 1. The third kappa shape index (κ3) is 3.81. The minimum atomic E-state index is -0.0645. The van der Waals surface area contributed by atoms with E-state index >= 15 is 0 Å². The molecule has 1 amide bonds. The van der Waals surface area contributed by atoms with Crippen molar-refractivity contribution in [3.05, 3.63) is 72.3 Å². The summed E-state index contributed by atoms with van der Waals surface area (Å²) in [7, 11) is 0. The maximum atomic E-state index is 11.2. The summed E-state index contributed by atoms with van der Waals surface area (Å²) in [6.45, 7) is 4.21. The number of rotatable bonds is 5. The lowest BCUT2D eigenvalue weighted by Gasteiger charge is -2.12. The van der Waals surface area contributed by atoms with Crippen molar-refractivity contribution in [2.45, 2.75) is 20.4 Å². The Bertz CT molecular complexity index is 823. The molecule has 0 aliphatic carbocycles. The summed E-state index contributed by atoms with van der Waals surface area (Å²) >= 11 is 0. The average molecular weight is 320 g/mol. The van der Waals surface area contributed by atoms with E-state index in [-0.39, 0.29) is 5.91 Å². The van der Waals surface area contributed by atoms with Crippen molar-refractivity contribution in [2.75, 3.05) is 10.6 Å². The van der Waals surface area contributed by atoms with Crippen molar-refractivity contribution in [3.8, 4) is 5.69 Å². The molecule has 0 radical (unpaired) electrons. The highest BCUT2D eigenvalue weighted by molar-refractivity contribution is 5.90. The van der Waals surface area contributed by atoms with Crippen molar-refractivity contribution in [1.82, 2.24) is 9.55 Å². The number of carbonyl (C=O) groups excluding carboxylic acids is 1. The van der Waals surface area contributed by atoms with Crippen LogP contribution < -0.4 is 10.6 Å². The molecule has 2 N–H and O–H groups in total. The van der Waals surface area contributed by atoms with Crippen molar-refractivity contribution in [3.63, 3.8) is 0 Å². The fourth-order valence-corrected chi connectivity index (χ4v) is 2.46. The number of benzene rings is 2. The normalized spacial score (nSPS) is 10.4. The van der Waals surface area contributed by atoms with Crippen LogP contribution in [-0.2, 0) is 11.3 Å². The van der Waals surface area contributed by atoms with Crippen molar-refractivity contribution in [1.29, 1.82) is 0 Å². The number of anilines is 2. The van der Waals surface area contributed by atoms with Gasteiger partial charge in [-0.3, -0.25) is 4.79 Å². The summed E-state index contributed by atoms with van der Waals surface area (Å²) in [6, 6.07) is 14.3. The fraction of sp³-hybridized carbons (Fsp3) is 0.158. The fourth-order valence-electron chi connectivity index (χ4n) is 2.46. The van der Waals surface area contributed by atoms with E-state index in [0.717, 1.165) is 22.6 Å². The predicted octanol–water partition coefficient (Wildman–Crippen LogP) is 3.75. The summed E-state index contributed by atoms with van der Waals surface area (Å²) in [5.41, 5.74) is 5.12. The number of nitrogens with one attached hydrogen (secondary N) is 2. The second-order valence-corrected chi connectivity index (χ2v) is 5.70. The van der Waals surface area contributed by atoms with Crippen molar-refractivity contribution in [2.24, 2.45) is 0 Å². The van der Waals surface area contributed by atoms with E-state index in [0.29, 0.717) is 6.54 Å². The molecule has 1 aromatic heterocycles. The van der Waals surface area contributed by atoms with Gasteiger partial charge in [-0.25, -0.2) is 4.98 Å². The topological polar surface area (TPSA) is 59.0 Å². The second-order valence-electron chi connectivity index (χ2n) is 5.70. The Morgan fingerprint density at radius 1 is 1.17 bits per heavy atom. The van der Waals surface area contributed by atoms with Gasteiger partial charge in [-0.05, 0) is 42.3 Å². The first-order valence-corrected chi connectivity index (χ1v) is 7.81. The molecular weight excluding hydrogens is 300 g/mol. The van der Waals surface area contributed by atoms with Gasteiger partial charge in [0.1, 0.15) is 0 Å². The summed E-state index contributed by atoms with van der Waals surface area (Å²) in [6.07, 6.45) is 5.46. The Kier molecular flexibility index (Phi) is 4.61. The van der Waals surface area contributed by atoms with Gasteiger partial charge in [0, 0.05) is 42.9 Å². The monoisotopic (exact) mass is 320 g/mol. The zero-order valence-corrected chi connectivity index (χ0v) is 13.8. The third-order valence-corrected chi connectivity index (χ3v) is 3.78. The van der Waals surface area contributed by atoms with Crippen LogP contribution in [0, 0.1) is 6.92 Å². The van der Waals surface area contributed by atoms with Crippen LogP contribution in [0.5, 0.6) is 0 Å². The highest BCUT2D eigenvalue weighted by Crippen LogP contribution is 2.21. The molecule has 3 rings (SSSR count). The molecule has 122 valence electrons. The molecule has 1 heterocycles. The van der Waals surface area contributed by atoms with E-state index in [1.807, 2.05) is 35.9 Å². The largest absolute Gasteiger partial charge is 0.381 e. The predicted molar refractivity (Wildman–Crippen MR) is 96.4 cm³/mol. The first-order valence-electron chi connectivity index (χ1n) is 7.81. The molecule has 0 unspecified atom stereocenters. The molecule has 0 atom stereocenters. The molecule has 2 aromatic carbocycles. The Morgan fingerprint density at radius 3 is 2.62 bits per heavy atom. The molecule has 0 bridgehead atoms. The maximum absolute atomic E-state index is 11.2. The quantitative estimate of drug-likeness (QED) is 0.752. The number of imidazole rings is 1. The van der Waals surface area contributed by atoms with Gasteiger partial charge in [0.25, 0.3) is 0 Å². The van der Waals surface area contributed by atoms with Crippen LogP contribution in [0.4, 0.5) is 11.4 Å². The standard InChI is InChI=1S/C19H20N4O/c1-14-3-6-17(11-19(14)22-15(2)24)21-12-16-4-7-18(8-5-16)23-10-9-20-13-23/h3-11,13,21H,12H2,1-2H3,(H,22,24). The lowest BCUT2D eigenvalue weighted by molar-refractivity contribution is -0.114. The summed E-state index contributed by atoms with van der Waals surface area (Å²) in [5.74, 6) is -0.0645. The van der Waals surface area contributed by atoms with Gasteiger partial charge in [-0.1, -0.05) is 18.2 Å². The summed E-state index contributed by atoms with van der Waals surface area (Å²) in [5, 5.41) is 6.23. The van der Waals surface area contributed by atoms with Gasteiger partial charge in [0.05, 0.1) is 6.33 Å². The zero-order chi connectivity index (χ0) is 16.9. The number of hydrogen-bond donors (Lipinski definition) is 2. The van der Waals surface area contributed by atoms with Gasteiger partial charge < -0.3 is 15.2 Å². The first-order chi connectivity index (χ1) is 11.6. The van der Waals surface area contributed by atoms with E-state index in [1.165, 1.54) is 12.5 Å². The van der Waals surface area contributed by atoms with Gasteiger partial charge in [-0.2, -0.15) is 0 Å². The van der Waals surface area contributed by atoms with Crippen LogP contribution in [0.1, 0.15) is 18.1 Å². The smallest absolute Gasteiger partial charge is 0.221 e. The SMILES string of the molecule is CC(=O)Nc1cc(NCc2ccc(-n3ccnc3)cc2)ccc1C. The second kappa shape index (κ2) is 7.00. The van der Waals surface area contributed by atoms with Crippen LogP contribution >= 0.6 is 0 Å². The zero-order valence-electron chi connectivity index (χ0n) is 13.8. The molecular formula is C19H20N4O. The molecule has 0 aliphatic heterocycles. The van der Waals surface area contributed by atoms with Gasteiger partial charge in [0.15, 0.2) is 0 Å². The Labute approximate surface area is 141 Å². The number of aromatic nitrogens is 2. The Morgan fingerprint density at radius 2 is 1.96 bits per heavy atom. The average Bonchev–Trinajstić information content (AvgIpc) is 3.10. The maximum Gasteiger partial charge on any atom is 0.221 e.